The van der Waals surface area contributed by atoms with Crippen molar-refractivity contribution in [1.29, 1.82) is 0 Å². The van der Waals surface area contributed by atoms with Gasteiger partial charge in [-0.3, -0.25) is 4.79 Å². The van der Waals surface area contributed by atoms with E-state index in [-0.39, 0.29) is 5.91 Å². The van der Waals surface area contributed by atoms with Gasteiger partial charge < -0.3 is 15.2 Å². The Bertz CT molecular complexity index is 463. The van der Waals surface area contributed by atoms with Gasteiger partial charge in [0.2, 0.25) is 0 Å². The van der Waals surface area contributed by atoms with Gasteiger partial charge in [0.1, 0.15) is 10.8 Å². The van der Waals surface area contributed by atoms with Gasteiger partial charge in [0, 0.05) is 18.6 Å². The van der Waals surface area contributed by atoms with E-state index in [0.29, 0.717) is 28.0 Å². The predicted molar refractivity (Wildman–Crippen MR) is 75.9 cm³/mol. The Morgan fingerprint density at radius 3 is 2.79 bits per heavy atom. The smallest absolute Gasteiger partial charge is 0.270 e. The second-order valence-corrected chi connectivity index (χ2v) is 6.04. The zero-order valence-corrected chi connectivity index (χ0v) is 12.1. The molecular weight excluding hydrogens is 285 g/mol. The number of rotatable bonds is 2. The second-order valence-electron chi connectivity index (χ2n) is 5.26. The highest BCUT2D eigenvalue weighted by Gasteiger charge is 2.36. The largest absolute Gasteiger partial charge is 0.340 e. The van der Waals surface area contributed by atoms with Crippen LogP contribution in [0.2, 0.25) is 10.2 Å². The van der Waals surface area contributed by atoms with Crippen LogP contribution in [0.5, 0.6) is 0 Å². The molecule has 2 aliphatic rings. The molecule has 0 aliphatic carbocycles. The van der Waals surface area contributed by atoms with Crippen LogP contribution in [-0.2, 0) is 0 Å². The molecule has 2 saturated heterocycles. The molecule has 0 saturated carbocycles. The number of carbonyl (C=O) groups is 1. The van der Waals surface area contributed by atoms with E-state index in [2.05, 4.69) is 10.3 Å². The van der Waals surface area contributed by atoms with Crippen molar-refractivity contribution in [3.63, 3.8) is 0 Å². The zero-order valence-electron chi connectivity index (χ0n) is 10.6. The number of aromatic nitrogens is 1. The van der Waals surface area contributed by atoms with Crippen LogP contribution in [0.25, 0.3) is 0 Å². The first kappa shape index (κ1) is 13.3. The summed E-state index contributed by atoms with van der Waals surface area (Å²) in [5.74, 6) is 0.00463. The number of hydrogen-bond acceptors (Lipinski definition) is 2. The van der Waals surface area contributed by atoms with Crippen molar-refractivity contribution in [2.75, 3.05) is 13.1 Å². The SMILES string of the molecule is O=C(c1cc(Cl)c(Cl)[nH]1)N1CCCC1C1CCCN1. The lowest BCUT2D eigenvalue weighted by Gasteiger charge is -2.29. The lowest BCUT2D eigenvalue weighted by molar-refractivity contribution is 0.0706. The summed E-state index contributed by atoms with van der Waals surface area (Å²) in [6.45, 7) is 1.87. The lowest BCUT2D eigenvalue weighted by Crippen LogP contribution is -2.46. The molecule has 3 rings (SSSR count). The van der Waals surface area contributed by atoms with Gasteiger partial charge in [0.05, 0.1) is 5.02 Å². The van der Waals surface area contributed by atoms with E-state index in [1.807, 2.05) is 4.90 Å². The Kier molecular flexibility index (Phi) is 3.74. The summed E-state index contributed by atoms with van der Waals surface area (Å²) in [6, 6.07) is 2.35. The number of aromatic amines is 1. The molecule has 1 aromatic rings. The molecule has 2 fully saturated rings. The van der Waals surface area contributed by atoms with Gasteiger partial charge in [-0.05, 0) is 38.3 Å². The third-order valence-corrected chi connectivity index (χ3v) is 4.77. The van der Waals surface area contributed by atoms with E-state index in [1.54, 1.807) is 6.07 Å². The minimum absolute atomic E-state index is 0.00463. The van der Waals surface area contributed by atoms with Crippen molar-refractivity contribution in [3.8, 4) is 0 Å². The van der Waals surface area contributed by atoms with Crippen LogP contribution in [0.4, 0.5) is 0 Å². The van der Waals surface area contributed by atoms with Crippen LogP contribution in [0.15, 0.2) is 6.07 Å². The van der Waals surface area contributed by atoms with Crippen molar-refractivity contribution < 1.29 is 4.79 Å². The Labute approximate surface area is 122 Å². The first-order valence-corrected chi connectivity index (χ1v) is 7.51. The fourth-order valence-electron chi connectivity index (χ4n) is 3.18. The molecule has 2 aliphatic heterocycles. The molecule has 0 aromatic carbocycles. The first-order valence-electron chi connectivity index (χ1n) is 6.75. The normalized spacial score (nSPS) is 27.2. The van der Waals surface area contributed by atoms with Crippen molar-refractivity contribution in [2.45, 2.75) is 37.8 Å². The van der Waals surface area contributed by atoms with E-state index in [1.165, 1.54) is 6.42 Å². The molecule has 19 heavy (non-hydrogen) atoms. The summed E-state index contributed by atoms with van der Waals surface area (Å²) in [7, 11) is 0. The summed E-state index contributed by atoms with van der Waals surface area (Å²) >= 11 is 11.8. The van der Waals surface area contributed by atoms with E-state index < -0.39 is 0 Å². The average molecular weight is 302 g/mol. The average Bonchev–Trinajstić information content (AvgIpc) is 3.09. The minimum Gasteiger partial charge on any atom is -0.340 e. The molecule has 0 spiro atoms. The maximum absolute atomic E-state index is 12.5. The molecule has 0 radical (unpaired) electrons. The van der Waals surface area contributed by atoms with Crippen LogP contribution < -0.4 is 5.32 Å². The van der Waals surface area contributed by atoms with Gasteiger partial charge >= 0.3 is 0 Å². The predicted octanol–water partition coefficient (Wildman–Crippen LogP) is 2.68. The van der Waals surface area contributed by atoms with Crippen LogP contribution >= 0.6 is 23.2 Å². The molecule has 2 unspecified atom stereocenters. The van der Waals surface area contributed by atoms with E-state index in [9.17, 15) is 4.79 Å². The maximum atomic E-state index is 12.5. The first-order chi connectivity index (χ1) is 9.16. The minimum atomic E-state index is 0.00463. The molecule has 3 heterocycles. The van der Waals surface area contributed by atoms with E-state index in [0.717, 1.165) is 32.4 Å². The molecule has 1 aromatic heterocycles. The van der Waals surface area contributed by atoms with Crippen molar-refractivity contribution in [1.82, 2.24) is 15.2 Å². The quantitative estimate of drug-likeness (QED) is 0.882. The molecule has 2 atom stereocenters. The third-order valence-electron chi connectivity index (χ3n) is 4.08. The van der Waals surface area contributed by atoms with Crippen molar-refractivity contribution in [2.24, 2.45) is 0 Å². The lowest BCUT2D eigenvalue weighted by atomic mass is 10.0. The summed E-state index contributed by atoms with van der Waals surface area (Å²) < 4.78 is 0. The molecule has 104 valence electrons. The Hall–Kier alpha value is -0.710. The van der Waals surface area contributed by atoms with Gasteiger partial charge in [-0.25, -0.2) is 0 Å². The van der Waals surface area contributed by atoms with Crippen LogP contribution in [0.1, 0.15) is 36.2 Å². The Morgan fingerprint density at radius 2 is 2.16 bits per heavy atom. The second kappa shape index (κ2) is 5.35. The monoisotopic (exact) mass is 301 g/mol. The fourth-order valence-corrected chi connectivity index (χ4v) is 3.49. The van der Waals surface area contributed by atoms with Gasteiger partial charge in [-0.15, -0.1) is 0 Å². The van der Waals surface area contributed by atoms with Crippen LogP contribution in [0.3, 0.4) is 0 Å². The Balaban J connectivity index is 1.78. The van der Waals surface area contributed by atoms with Crippen molar-refractivity contribution >= 4 is 29.1 Å². The van der Waals surface area contributed by atoms with Crippen LogP contribution in [-0.4, -0.2) is 41.0 Å². The van der Waals surface area contributed by atoms with Gasteiger partial charge in [0.25, 0.3) is 5.91 Å². The molecule has 1 amide bonds. The van der Waals surface area contributed by atoms with E-state index >= 15 is 0 Å². The van der Waals surface area contributed by atoms with Crippen LogP contribution in [0, 0.1) is 0 Å². The highest BCUT2D eigenvalue weighted by molar-refractivity contribution is 6.41. The molecule has 2 N–H and O–H groups in total. The Morgan fingerprint density at radius 1 is 1.32 bits per heavy atom. The summed E-state index contributed by atoms with van der Waals surface area (Å²) in [6.07, 6.45) is 4.49. The molecule has 0 bridgehead atoms. The number of H-pyrrole nitrogens is 1. The highest BCUT2D eigenvalue weighted by Crippen LogP contribution is 2.28. The number of nitrogens with zero attached hydrogens (tertiary/aromatic N) is 1. The van der Waals surface area contributed by atoms with Crippen molar-refractivity contribution in [3.05, 3.63) is 21.9 Å². The van der Waals surface area contributed by atoms with Gasteiger partial charge in [0.15, 0.2) is 0 Å². The topological polar surface area (TPSA) is 48.1 Å². The maximum Gasteiger partial charge on any atom is 0.270 e. The molecular formula is C13H17Cl2N3O. The highest BCUT2D eigenvalue weighted by atomic mass is 35.5. The summed E-state index contributed by atoms with van der Waals surface area (Å²) in [4.78, 5) is 17.3. The summed E-state index contributed by atoms with van der Waals surface area (Å²) in [5.41, 5.74) is 0.486. The number of amides is 1. The number of nitrogens with one attached hydrogen (secondary N) is 2. The standard InChI is InChI=1S/C13H17Cl2N3O/c14-8-7-10(17-12(8)15)13(19)18-6-2-4-11(18)9-3-1-5-16-9/h7,9,11,16-17H,1-6H2. The zero-order chi connectivity index (χ0) is 13.4. The number of halogens is 2. The number of likely N-dealkylation sites (tertiary alicyclic amines) is 1. The molecule has 4 nitrogen and oxygen atoms in total. The number of hydrogen-bond donors (Lipinski definition) is 2. The molecule has 6 heteroatoms. The number of carbonyl (C=O) groups excluding carboxylic acids is 1. The van der Waals surface area contributed by atoms with Gasteiger partial charge in [-0.2, -0.15) is 0 Å². The van der Waals surface area contributed by atoms with E-state index in [4.69, 9.17) is 23.2 Å². The third kappa shape index (κ3) is 2.49. The fraction of sp³-hybridized carbons (Fsp3) is 0.615. The van der Waals surface area contributed by atoms with Gasteiger partial charge in [-0.1, -0.05) is 23.2 Å². The summed E-state index contributed by atoms with van der Waals surface area (Å²) in [5, 5.41) is 4.23.